The van der Waals surface area contributed by atoms with Crippen LogP contribution in [-0.2, 0) is 15.6 Å². The summed E-state index contributed by atoms with van der Waals surface area (Å²) in [4.78, 5) is 8.49. The molecular formula is C25H26BrN5O5S. The standard InChI is InChI=1S/C25H26BrN5O5S/c1-15-18(26)10-11-19(28-15)24(32)16(2)37(33,34)14-22-29-30-25(17-7-6-12-27-13-17)31(22)23-20(35-3)8-5-9-21(23)36-4/h5-13,16,24,32H,14H2,1-4H3/t16-,24-/m0/s1. The van der Waals surface area contributed by atoms with Crippen molar-refractivity contribution in [1.29, 1.82) is 0 Å². The molecule has 1 N–H and O–H groups in total. The van der Waals surface area contributed by atoms with Crippen molar-refractivity contribution in [1.82, 2.24) is 24.7 Å². The van der Waals surface area contributed by atoms with Crippen LogP contribution in [-0.4, -0.2) is 57.7 Å². The van der Waals surface area contributed by atoms with Crippen molar-refractivity contribution < 1.29 is 23.0 Å². The number of aryl methyl sites for hydroxylation is 1. The first kappa shape index (κ1) is 26.7. The molecule has 0 aliphatic carbocycles. The number of aliphatic hydroxyl groups excluding tert-OH is 1. The molecule has 4 rings (SSSR count). The highest BCUT2D eigenvalue weighted by molar-refractivity contribution is 9.10. The molecule has 2 atom stereocenters. The molecule has 0 aliphatic rings. The molecule has 0 bridgehead atoms. The molecule has 4 aromatic rings. The topological polar surface area (TPSA) is 129 Å². The highest BCUT2D eigenvalue weighted by atomic mass is 79.9. The van der Waals surface area contributed by atoms with Crippen LogP contribution in [0.15, 0.2) is 59.3 Å². The fraction of sp³-hybridized carbons (Fsp3) is 0.280. The quantitative estimate of drug-likeness (QED) is 0.310. The van der Waals surface area contributed by atoms with Crippen molar-refractivity contribution in [2.24, 2.45) is 0 Å². The van der Waals surface area contributed by atoms with Crippen LogP contribution in [0.1, 0.15) is 30.2 Å². The second-order valence-corrected chi connectivity index (χ2v) is 11.5. The molecule has 0 saturated heterocycles. The van der Waals surface area contributed by atoms with Crippen LogP contribution >= 0.6 is 15.9 Å². The van der Waals surface area contributed by atoms with Gasteiger partial charge in [-0.2, -0.15) is 0 Å². The number of aromatic nitrogens is 5. The summed E-state index contributed by atoms with van der Waals surface area (Å²) in [6.07, 6.45) is 1.89. The van der Waals surface area contributed by atoms with Crippen LogP contribution < -0.4 is 9.47 Å². The van der Waals surface area contributed by atoms with E-state index in [0.29, 0.717) is 34.3 Å². The van der Waals surface area contributed by atoms with E-state index in [2.05, 4.69) is 36.1 Å². The molecule has 0 saturated carbocycles. The number of hydrogen-bond acceptors (Lipinski definition) is 9. The second-order valence-electron chi connectivity index (χ2n) is 8.29. The molecule has 0 unspecified atom stereocenters. The zero-order valence-corrected chi connectivity index (χ0v) is 23.1. The number of halogens is 1. The van der Waals surface area contributed by atoms with E-state index < -0.39 is 26.9 Å². The van der Waals surface area contributed by atoms with E-state index >= 15 is 0 Å². The molecule has 0 fully saturated rings. The van der Waals surface area contributed by atoms with Crippen LogP contribution in [0.4, 0.5) is 0 Å². The van der Waals surface area contributed by atoms with Gasteiger partial charge in [0.05, 0.1) is 30.9 Å². The number of benzene rings is 1. The van der Waals surface area contributed by atoms with Crippen LogP contribution in [0.3, 0.4) is 0 Å². The number of nitrogens with zero attached hydrogens (tertiary/aromatic N) is 5. The number of para-hydroxylation sites is 1. The van der Waals surface area contributed by atoms with Gasteiger partial charge in [0.1, 0.15) is 29.0 Å². The van der Waals surface area contributed by atoms with E-state index in [1.54, 1.807) is 66.3 Å². The van der Waals surface area contributed by atoms with E-state index in [-0.39, 0.29) is 11.5 Å². The average Bonchev–Trinajstić information content (AvgIpc) is 3.31. The maximum atomic E-state index is 13.6. The molecule has 3 heterocycles. The van der Waals surface area contributed by atoms with Crippen molar-refractivity contribution in [3.63, 3.8) is 0 Å². The SMILES string of the molecule is COc1cccc(OC)c1-n1c(CS(=O)(=O)[C@@H](C)[C@H](O)c2ccc(Br)c(C)n2)nnc1-c1cccnc1. The van der Waals surface area contributed by atoms with Crippen molar-refractivity contribution in [2.75, 3.05) is 14.2 Å². The van der Waals surface area contributed by atoms with E-state index in [1.165, 1.54) is 21.1 Å². The van der Waals surface area contributed by atoms with Gasteiger partial charge in [-0.05, 0) is 66.2 Å². The maximum absolute atomic E-state index is 13.6. The third-order valence-corrected chi connectivity index (χ3v) is 8.85. The number of ether oxygens (including phenoxy) is 2. The molecule has 0 amide bonds. The summed E-state index contributed by atoms with van der Waals surface area (Å²) in [5.41, 5.74) is 1.97. The van der Waals surface area contributed by atoms with E-state index in [9.17, 15) is 13.5 Å². The molecule has 12 heteroatoms. The third kappa shape index (κ3) is 5.36. The zero-order valence-electron chi connectivity index (χ0n) is 20.7. The fourth-order valence-electron chi connectivity index (χ4n) is 3.86. The molecule has 1 aromatic carbocycles. The number of aliphatic hydroxyl groups is 1. The van der Waals surface area contributed by atoms with Crippen LogP contribution in [0.2, 0.25) is 0 Å². The lowest BCUT2D eigenvalue weighted by Gasteiger charge is -2.21. The van der Waals surface area contributed by atoms with Gasteiger partial charge in [0.2, 0.25) is 0 Å². The molecule has 194 valence electrons. The fourth-order valence-corrected chi connectivity index (χ4v) is 5.42. The Morgan fingerprint density at radius 2 is 1.76 bits per heavy atom. The summed E-state index contributed by atoms with van der Waals surface area (Å²) in [5, 5.41) is 18.3. The lowest BCUT2D eigenvalue weighted by Crippen LogP contribution is -2.28. The van der Waals surface area contributed by atoms with E-state index in [0.717, 1.165) is 4.47 Å². The normalized spacial score (nSPS) is 13.2. The van der Waals surface area contributed by atoms with Gasteiger partial charge in [-0.3, -0.25) is 14.5 Å². The van der Waals surface area contributed by atoms with Crippen LogP contribution in [0.25, 0.3) is 17.1 Å². The number of sulfone groups is 1. The molecular weight excluding hydrogens is 562 g/mol. The van der Waals surface area contributed by atoms with Gasteiger partial charge < -0.3 is 14.6 Å². The predicted molar refractivity (Wildman–Crippen MR) is 141 cm³/mol. The van der Waals surface area contributed by atoms with Gasteiger partial charge in [-0.1, -0.05) is 6.07 Å². The minimum absolute atomic E-state index is 0.126. The van der Waals surface area contributed by atoms with Crippen molar-refractivity contribution >= 4 is 25.8 Å². The summed E-state index contributed by atoms with van der Waals surface area (Å²) < 4.78 is 40.6. The molecule has 3 aromatic heterocycles. The van der Waals surface area contributed by atoms with Gasteiger partial charge in [-0.15, -0.1) is 10.2 Å². The molecule has 0 radical (unpaired) electrons. The van der Waals surface area contributed by atoms with Crippen molar-refractivity contribution in [3.05, 3.63) is 76.5 Å². The summed E-state index contributed by atoms with van der Waals surface area (Å²) in [6.45, 7) is 3.22. The number of pyridine rings is 2. The summed E-state index contributed by atoms with van der Waals surface area (Å²) in [7, 11) is -0.928. The number of methoxy groups -OCH3 is 2. The summed E-state index contributed by atoms with van der Waals surface area (Å²) >= 11 is 3.37. The Balaban J connectivity index is 1.81. The average molecular weight is 588 g/mol. The van der Waals surface area contributed by atoms with E-state index in [1.807, 2.05) is 0 Å². The van der Waals surface area contributed by atoms with Crippen molar-refractivity contribution in [3.8, 4) is 28.6 Å². The smallest absolute Gasteiger partial charge is 0.170 e. The Kier molecular flexibility index (Phi) is 7.90. The third-order valence-electron chi connectivity index (χ3n) is 5.96. The first-order valence-corrected chi connectivity index (χ1v) is 13.8. The second kappa shape index (κ2) is 11.0. The first-order valence-electron chi connectivity index (χ1n) is 11.3. The van der Waals surface area contributed by atoms with Crippen molar-refractivity contribution in [2.45, 2.75) is 31.0 Å². The van der Waals surface area contributed by atoms with Gasteiger partial charge >= 0.3 is 0 Å². The first-order chi connectivity index (χ1) is 17.7. The van der Waals surface area contributed by atoms with Crippen LogP contribution in [0, 0.1) is 6.92 Å². The van der Waals surface area contributed by atoms with Gasteiger partial charge in [-0.25, -0.2) is 8.42 Å². The van der Waals surface area contributed by atoms with E-state index in [4.69, 9.17) is 9.47 Å². The molecule has 0 aliphatic heterocycles. The Hall–Kier alpha value is -3.35. The molecule has 0 spiro atoms. The van der Waals surface area contributed by atoms with Gasteiger partial charge in [0, 0.05) is 22.4 Å². The maximum Gasteiger partial charge on any atom is 0.170 e. The van der Waals surface area contributed by atoms with Crippen LogP contribution in [0.5, 0.6) is 11.5 Å². The number of hydrogen-bond donors (Lipinski definition) is 1. The minimum atomic E-state index is -3.94. The zero-order chi connectivity index (χ0) is 26.7. The largest absolute Gasteiger partial charge is 0.494 e. The van der Waals surface area contributed by atoms with Gasteiger partial charge in [0.15, 0.2) is 21.5 Å². The number of rotatable bonds is 9. The summed E-state index contributed by atoms with van der Waals surface area (Å²) in [5.74, 6) is 0.853. The Morgan fingerprint density at radius 3 is 2.35 bits per heavy atom. The Morgan fingerprint density at radius 1 is 1.05 bits per heavy atom. The lowest BCUT2D eigenvalue weighted by atomic mass is 10.1. The summed E-state index contributed by atoms with van der Waals surface area (Å²) in [6, 6.07) is 12.1. The molecule has 37 heavy (non-hydrogen) atoms. The minimum Gasteiger partial charge on any atom is -0.494 e. The Labute approximate surface area is 223 Å². The highest BCUT2D eigenvalue weighted by Gasteiger charge is 2.33. The Bertz CT molecular complexity index is 1490. The highest BCUT2D eigenvalue weighted by Crippen LogP contribution is 2.37. The predicted octanol–water partition coefficient (Wildman–Crippen LogP) is 3.85. The monoisotopic (exact) mass is 587 g/mol. The van der Waals surface area contributed by atoms with Gasteiger partial charge in [0.25, 0.3) is 0 Å². The lowest BCUT2D eigenvalue weighted by molar-refractivity contribution is 0.171. The molecule has 10 nitrogen and oxygen atoms in total.